The molecule has 0 bridgehead atoms. The van der Waals surface area contributed by atoms with E-state index >= 15 is 0 Å². The zero-order chi connectivity index (χ0) is 13.9. The normalized spacial score (nSPS) is 25.6. The minimum Gasteiger partial charge on any atom is -0.481 e. The van der Waals surface area contributed by atoms with E-state index in [0.717, 1.165) is 0 Å². The smallest absolute Gasteiger partial charge is 0.305 e. The molecule has 0 radical (unpaired) electrons. The predicted molar refractivity (Wildman–Crippen MR) is 63.3 cm³/mol. The van der Waals surface area contributed by atoms with E-state index in [2.05, 4.69) is 0 Å². The average Bonchev–Trinajstić information content (AvgIpc) is 2.27. The molecular formula is C11H19N3O4. The van der Waals surface area contributed by atoms with Crippen LogP contribution in [0.5, 0.6) is 0 Å². The molecule has 0 aromatic carbocycles. The Bertz CT molecular complexity index is 358. The highest BCUT2D eigenvalue weighted by molar-refractivity contribution is 5.87. The van der Waals surface area contributed by atoms with Crippen molar-refractivity contribution in [1.29, 1.82) is 0 Å². The molecule has 18 heavy (non-hydrogen) atoms. The lowest BCUT2D eigenvalue weighted by molar-refractivity contribution is -0.144. The maximum absolute atomic E-state index is 12.0. The fourth-order valence-electron chi connectivity index (χ4n) is 2.13. The fourth-order valence-corrected chi connectivity index (χ4v) is 2.13. The molecule has 1 heterocycles. The van der Waals surface area contributed by atoms with Crippen LogP contribution >= 0.6 is 0 Å². The molecule has 1 fully saturated rings. The van der Waals surface area contributed by atoms with Gasteiger partial charge in [-0.3, -0.25) is 14.4 Å². The molecule has 7 nitrogen and oxygen atoms in total. The van der Waals surface area contributed by atoms with Crippen LogP contribution in [-0.2, 0) is 14.4 Å². The maximum Gasteiger partial charge on any atom is 0.305 e. The number of piperidine rings is 1. The number of rotatable bonds is 4. The van der Waals surface area contributed by atoms with Crippen LogP contribution < -0.4 is 11.5 Å². The zero-order valence-corrected chi connectivity index (χ0v) is 10.3. The van der Waals surface area contributed by atoms with E-state index in [-0.39, 0.29) is 18.5 Å². The Balaban J connectivity index is 2.69. The first-order chi connectivity index (χ1) is 8.32. The standard InChI is InChI=1S/C11H19N3O4/c1-6-2-3-7(10(13)17)5-14(6)11(18)8(12)4-9(15)16/h6-8H,2-5,12H2,1H3,(H2,13,17)(H,15,16). The molecule has 1 rings (SSSR count). The lowest BCUT2D eigenvalue weighted by Crippen LogP contribution is -2.54. The van der Waals surface area contributed by atoms with E-state index in [1.54, 1.807) is 0 Å². The number of nitrogens with zero attached hydrogens (tertiary/aromatic N) is 1. The first-order valence-corrected chi connectivity index (χ1v) is 5.90. The van der Waals surface area contributed by atoms with Gasteiger partial charge in [-0.1, -0.05) is 0 Å². The van der Waals surface area contributed by atoms with Gasteiger partial charge in [0.2, 0.25) is 11.8 Å². The number of nitrogens with two attached hydrogens (primary N) is 2. The minimum absolute atomic E-state index is 0.0482. The molecule has 3 atom stereocenters. The monoisotopic (exact) mass is 257 g/mol. The van der Waals surface area contributed by atoms with Crippen molar-refractivity contribution in [1.82, 2.24) is 4.90 Å². The van der Waals surface area contributed by atoms with Crippen LogP contribution in [0.25, 0.3) is 0 Å². The number of carbonyl (C=O) groups is 3. The molecule has 2 amide bonds. The summed E-state index contributed by atoms with van der Waals surface area (Å²) in [6.07, 6.45) is 0.900. The van der Waals surface area contributed by atoms with E-state index in [9.17, 15) is 14.4 Å². The SMILES string of the molecule is CC1CCC(C(N)=O)CN1C(=O)C(N)CC(=O)O. The summed E-state index contributed by atoms with van der Waals surface area (Å²) in [6.45, 7) is 2.07. The first kappa shape index (κ1) is 14.4. The number of carboxylic acid groups (broad SMARTS) is 1. The van der Waals surface area contributed by atoms with Gasteiger partial charge in [0, 0.05) is 12.6 Å². The summed E-state index contributed by atoms with van der Waals surface area (Å²) >= 11 is 0. The third kappa shape index (κ3) is 3.43. The largest absolute Gasteiger partial charge is 0.481 e. The summed E-state index contributed by atoms with van der Waals surface area (Å²) in [5.41, 5.74) is 10.8. The van der Waals surface area contributed by atoms with Gasteiger partial charge in [-0.2, -0.15) is 0 Å². The fraction of sp³-hybridized carbons (Fsp3) is 0.727. The number of carboxylic acids is 1. The zero-order valence-electron chi connectivity index (χ0n) is 10.3. The Labute approximate surface area is 105 Å². The molecule has 7 heteroatoms. The van der Waals surface area contributed by atoms with Gasteiger partial charge in [-0.25, -0.2) is 0 Å². The third-order valence-corrected chi connectivity index (χ3v) is 3.28. The molecule has 3 unspecified atom stereocenters. The minimum atomic E-state index is -1.12. The number of hydrogen-bond acceptors (Lipinski definition) is 4. The van der Waals surface area contributed by atoms with Crippen LogP contribution in [0, 0.1) is 5.92 Å². The maximum atomic E-state index is 12.0. The molecule has 0 aromatic rings. The molecule has 0 aliphatic carbocycles. The summed E-state index contributed by atoms with van der Waals surface area (Å²) < 4.78 is 0. The number of amides is 2. The van der Waals surface area contributed by atoms with Crippen molar-refractivity contribution in [3.63, 3.8) is 0 Å². The van der Waals surface area contributed by atoms with E-state index in [4.69, 9.17) is 16.6 Å². The van der Waals surface area contributed by atoms with Crippen LogP contribution in [0.15, 0.2) is 0 Å². The van der Waals surface area contributed by atoms with Crippen LogP contribution in [0.3, 0.4) is 0 Å². The van der Waals surface area contributed by atoms with Crippen molar-refractivity contribution >= 4 is 17.8 Å². The number of likely N-dealkylation sites (tertiary alicyclic amines) is 1. The van der Waals surface area contributed by atoms with Crippen molar-refractivity contribution in [3.05, 3.63) is 0 Å². The summed E-state index contributed by atoms with van der Waals surface area (Å²) in [5, 5.41) is 8.61. The summed E-state index contributed by atoms with van der Waals surface area (Å²) in [4.78, 5) is 35.1. The second kappa shape index (κ2) is 5.81. The highest BCUT2D eigenvalue weighted by atomic mass is 16.4. The molecule has 1 saturated heterocycles. The van der Waals surface area contributed by atoms with Crippen molar-refractivity contribution < 1.29 is 19.5 Å². The highest BCUT2D eigenvalue weighted by Crippen LogP contribution is 2.22. The highest BCUT2D eigenvalue weighted by Gasteiger charge is 2.34. The molecule has 0 aromatic heterocycles. The van der Waals surface area contributed by atoms with Crippen LogP contribution in [0.1, 0.15) is 26.2 Å². The van der Waals surface area contributed by atoms with Gasteiger partial charge in [0.05, 0.1) is 18.4 Å². The summed E-state index contributed by atoms with van der Waals surface area (Å²) in [5.74, 6) is -2.36. The molecule has 102 valence electrons. The Morgan fingerprint density at radius 3 is 2.50 bits per heavy atom. The van der Waals surface area contributed by atoms with Gasteiger partial charge in [0.1, 0.15) is 0 Å². The predicted octanol–water partition coefficient (Wildman–Crippen LogP) is -1.10. The van der Waals surface area contributed by atoms with Gasteiger partial charge in [-0.15, -0.1) is 0 Å². The Morgan fingerprint density at radius 1 is 1.39 bits per heavy atom. The Morgan fingerprint density at radius 2 is 2.00 bits per heavy atom. The number of primary amides is 1. The number of aliphatic carboxylic acids is 1. The van der Waals surface area contributed by atoms with Crippen LogP contribution in [0.2, 0.25) is 0 Å². The summed E-state index contributed by atoms with van der Waals surface area (Å²) in [7, 11) is 0. The second-order valence-electron chi connectivity index (χ2n) is 4.72. The topological polar surface area (TPSA) is 127 Å². The van der Waals surface area contributed by atoms with Crippen molar-refractivity contribution in [3.8, 4) is 0 Å². The van der Waals surface area contributed by atoms with Gasteiger partial charge in [0.25, 0.3) is 0 Å². The Kier molecular flexibility index (Phi) is 4.66. The van der Waals surface area contributed by atoms with E-state index in [1.807, 2.05) is 6.92 Å². The molecule has 0 saturated carbocycles. The van der Waals surface area contributed by atoms with Crippen molar-refractivity contribution in [2.24, 2.45) is 17.4 Å². The lowest BCUT2D eigenvalue weighted by Gasteiger charge is -2.38. The quantitative estimate of drug-likeness (QED) is 0.589. The number of hydrogen-bond donors (Lipinski definition) is 3. The van der Waals surface area contributed by atoms with Crippen molar-refractivity contribution in [2.45, 2.75) is 38.3 Å². The first-order valence-electron chi connectivity index (χ1n) is 5.90. The second-order valence-corrected chi connectivity index (χ2v) is 4.72. The Hall–Kier alpha value is -1.63. The van der Waals surface area contributed by atoms with Gasteiger partial charge < -0.3 is 21.5 Å². The van der Waals surface area contributed by atoms with Gasteiger partial charge in [0.15, 0.2) is 0 Å². The molecule has 1 aliphatic heterocycles. The van der Waals surface area contributed by atoms with E-state index in [0.29, 0.717) is 12.8 Å². The van der Waals surface area contributed by atoms with Gasteiger partial charge >= 0.3 is 5.97 Å². The molecule has 5 N–H and O–H groups in total. The average molecular weight is 257 g/mol. The van der Waals surface area contributed by atoms with E-state index in [1.165, 1.54) is 4.90 Å². The molecular weight excluding hydrogens is 238 g/mol. The lowest BCUT2D eigenvalue weighted by atomic mass is 9.92. The molecule has 1 aliphatic rings. The third-order valence-electron chi connectivity index (χ3n) is 3.28. The number of carbonyl (C=O) groups excluding carboxylic acids is 2. The van der Waals surface area contributed by atoms with Gasteiger partial charge in [-0.05, 0) is 19.8 Å². The van der Waals surface area contributed by atoms with E-state index < -0.39 is 30.2 Å². The van der Waals surface area contributed by atoms with Crippen LogP contribution in [0.4, 0.5) is 0 Å². The van der Waals surface area contributed by atoms with Crippen LogP contribution in [-0.4, -0.2) is 46.4 Å². The van der Waals surface area contributed by atoms with Crippen molar-refractivity contribution in [2.75, 3.05) is 6.54 Å². The molecule has 0 spiro atoms. The summed E-state index contributed by atoms with van der Waals surface area (Å²) in [6, 6.07) is -1.12.